The number of carbonyl (C=O) groups is 1. The van der Waals surface area contributed by atoms with Gasteiger partial charge >= 0.3 is 0 Å². The van der Waals surface area contributed by atoms with Crippen molar-refractivity contribution >= 4 is 33.2 Å². The third-order valence-electron chi connectivity index (χ3n) is 4.91. The maximum absolute atomic E-state index is 13.3. The summed E-state index contributed by atoms with van der Waals surface area (Å²) in [4.78, 5) is 14.6. The Hall–Kier alpha value is -2.09. The summed E-state index contributed by atoms with van der Waals surface area (Å²) in [6.45, 7) is 1.74. The predicted octanol–water partition coefficient (Wildman–Crippen LogP) is 3.16. The molecule has 0 aliphatic carbocycles. The number of halogens is 1. The predicted molar refractivity (Wildman–Crippen MR) is 116 cm³/mol. The lowest BCUT2D eigenvalue weighted by Gasteiger charge is -2.30. The van der Waals surface area contributed by atoms with Crippen LogP contribution in [0.25, 0.3) is 0 Å². The van der Waals surface area contributed by atoms with Gasteiger partial charge in [0.1, 0.15) is 0 Å². The molecule has 0 fully saturated rings. The number of hydrogen-bond donors (Lipinski definition) is 1. The van der Waals surface area contributed by atoms with Crippen molar-refractivity contribution in [3.05, 3.63) is 58.6 Å². The van der Waals surface area contributed by atoms with Gasteiger partial charge < -0.3 is 10.2 Å². The standard InChI is InChI=1S/C21H26ClN3O3S/c1-24(2)13-6-12-23-21(26)18-15-17(10-11-19(18)22)29(27,28)25-14-5-8-16-7-3-4-9-20(16)25/h3-4,7,9-11,15H,5-6,8,12-14H2,1-2H3,(H,23,26). The van der Waals surface area contributed by atoms with E-state index in [1.54, 1.807) is 0 Å². The highest BCUT2D eigenvalue weighted by molar-refractivity contribution is 7.92. The molecule has 3 rings (SSSR count). The molecule has 0 atom stereocenters. The second-order valence-corrected chi connectivity index (χ2v) is 9.63. The van der Waals surface area contributed by atoms with Gasteiger partial charge in [-0.2, -0.15) is 0 Å². The zero-order chi connectivity index (χ0) is 21.0. The van der Waals surface area contributed by atoms with Crippen LogP contribution in [0, 0.1) is 0 Å². The van der Waals surface area contributed by atoms with Gasteiger partial charge in [-0.05, 0) is 69.7 Å². The smallest absolute Gasteiger partial charge is 0.264 e. The molecule has 1 aliphatic rings. The minimum atomic E-state index is -3.80. The lowest BCUT2D eigenvalue weighted by Crippen LogP contribution is -2.35. The van der Waals surface area contributed by atoms with Crippen LogP contribution < -0.4 is 9.62 Å². The Labute approximate surface area is 177 Å². The summed E-state index contributed by atoms with van der Waals surface area (Å²) in [6.07, 6.45) is 2.39. The Morgan fingerprint density at radius 3 is 2.72 bits per heavy atom. The van der Waals surface area contributed by atoms with E-state index in [2.05, 4.69) is 5.32 Å². The Kier molecular flexibility index (Phi) is 6.82. The molecule has 0 aromatic heterocycles. The van der Waals surface area contributed by atoms with Gasteiger partial charge in [0.25, 0.3) is 15.9 Å². The first-order valence-corrected chi connectivity index (χ1v) is 11.5. The fourth-order valence-electron chi connectivity index (χ4n) is 3.41. The highest BCUT2D eigenvalue weighted by Crippen LogP contribution is 2.32. The molecule has 2 aromatic rings. The van der Waals surface area contributed by atoms with Crippen LogP contribution in [0.2, 0.25) is 5.02 Å². The van der Waals surface area contributed by atoms with Crippen molar-refractivity contribution in [2.75, 3.05) is 38.0 Å². The molecule has 0 radical (unpaired) electrons. The quantitative estimate of drug-likeness (QED) is 0.678. The van der Waals surface area contributed by atoms with Gasteiger partial charge in [-0.3, -0.25) is 9.10 Å². The van der Waals surface area contributed by atoms with Gasteiger partial charge in [-0.15, -0.1) is 0 Å². The summed E-state index contributed by atoms with van der Waals surface area (Å²) in [5.41, 5.74) is 1.88. The SMILES string of the molecule is CN(C)CCCNC(=O)c1cc(S(=O)(=O)N2CCCc3ccccc32)ccc1Cl. The molecule has 0 unspecified atom stereocenters. The third kappa shape index (κ3) is 4.91. The minimum absolute atomic E-state index is 0.0667. The maximum Gasteiger partial charge on any atom is 0.264 e. The summed E-state index contributed by atoms with van der Waals surface area (Å²) in [5, 5.41) is 3.04. The zero-order valence-corrected chi connectivity index (χ0v) is 18.3. The number of carbonyl (C=O) groups excluding carboxylic acids is 1. The van der Waals surface area contributed by atoms with E-state index in [1.807, 2.05) is 43.3 Å². The molecule has 1 amide bonds. The van der Waals surface area contributed by atoms with E-state index < -0.39 is 10.0 Å². The topological polar surface area (TPSA) is 69.7 Å². The lowest BCUT2D eigenvalue weighted by atomic mass is 10.0. The normalized spacial score (nSPS) is 14.0. The molecule has 156 valence electrons. The molecule has 0 saturated carbocycles. The van der Waals surface area contributed by atoms with Gasteiger partial charge in [0, 0.05) is 13.1 Å². The number of sulfonamides is 1. The van der Waals surface area contributed by atoms with Crippen molar-refractivity contribution in [3.8, 4) is 0 Å². The van der Waals surface area contributed by atoms with Crippen molar-refractivity contribution in [2.45, 2.75) is 24.2 Å². The molecule has 1 aliphatic heterocycles. The number of benzene rings is 2. The molecule has 1 N–H and O–H groups in total. The highest BCUT2D eigenvalue weighted by Gasteiger charge is 2.29. The van der Waals surface area contributed by atoms with Crippen LogP contribution in [-0.2, 0) is 16.4 Å². The summed E-state index contributed by atoms with van der Waals surface area (Å²) >= 11 is 6.19. The largest absolute Gasteiger partial charge is 0.352 e. The number of fused-ring (bicyclic) bond motifs is 1. The Balaban J connectivity index is 1.84. The summed E-state index contributed by atoms with van der Waals surface area (Å²) in [5.74, 6) is -0.371. The molecular weight excluding hydrogens is 410 g/mol. The molecule has 29 heavy (non-hydrogen) atoms. The average molecular weight is 436 g/mol. The molecule has 8 heteroatoms. The number of aryl methyl sites for hydroxylation is 1. The van der Waals surface area contributed by atoms with E-state index in [0.717, 1.165) is 31.4 Å². The van der Waals surface area contributed by atoms with Crippen LogP contribution in [0.4, 0.5) is 5.69 Å². The number of rotatable bonds is 7. The fraction of sp³-hybridized carbons (Fsp3) is 0.381. The fourth-order valence-corrected chi connectivity index (χ4v) is 5.18. The first-order valence-electron chi connectivity index (χ1n) is 9.64. The van der Waals surface area contributed by atoms with Gasteiger partial charge in [0.2, 0.25) is 0 Å². The Morgan fingerprint density at radius 2 is 1.97 bits per heavy atom. The lowest BCUT2D eigenvalue weighted by molar-refractivity contribution is 0.0952. The van der Waals surface area contributed by atoms with Gasteiger partial charge in [-0.25, -0.2) is 8.42 Å². The molecule has 6 nitrogen and oxygen atoms in total. The second-order valence-electron chi connectivity index (χ2n) is 7.36. The van der Waals surface area contributed by atoms with Gasteiger partial charge in [0.15, 0.2) is 0 Å². The minimum Gasteiger partial charge on any atom is -0.352 e. The molecule has 0 saturated heterocycles. The van der Waals surface area contributed by atoms with E-state index in [1.165, 1.54) is 22.5 Å². The van der Waals surface area contributed by atoms with E-state index in [-0.39, 0.29) is 21.4 Å². The van der Waals surface area contributed by atoms with Crippen molar-refractivity contribution in [2.24, 2.45) is 0 Å². The molecule has 0 spiro atoms. The van der Waals surface area contributed by atoms with Crippen molar-refractivity contribution in [1.82, 2.24) is 10.2 Å². The van der Waals surface area contributed by atoms with E-state index in [0.29, 0.717) is 18.8 Å². The summed E-state index contributed by atoms with van der Waals surface area (Å²) in [6, 6.07) is 11.8. The van der Waals surface area contributed by atoms with Crippen LogP contribution in [0.15, 0.2) is 47.4 Å². The number of anilines is 1. The van der Waals surface area contributed by atoms with E-state index >= 15 is 0 Å². The number of nitrogens with one attached hydrogen (secondary N) is 1. The number of amides is 1. The monoisotopic (exact) mass is 435 g/mol. The third-order valence-corrected chi connectivity index (χ3v) is 7.04. The molecular formula is C21H26ClN3O3S. The molecule has 1 heterocycles. The first-order chi connectivity index (χ1) is 13.8. The first kappa shape index (κ1) is 21.6. The number of nitrogens with zero attached hydrogens (tertiary/aromatic N) is 2. The second kappa shape index (κ2) is 9.15. The average Bonchev–Trinajstić information content (AvgIpc) is 2.70. The van der Waals surface area contributed by atoms with Gasteiger partial charge in [-0.1, -0.05) is 29.8 Å². The van der Waals surface area contributed by atoms with Crippen LogP contribution in [0.1, 0.15) is 28.8 Å². The maximum atomic E-state index is 13.3. The van der Waals surface area contributed by atoms with Crippen molar-refractivity contribution in [3.63, 3.8) is 0 Å². The summed E-state index contributed by atoms with van der Waals surface area (Å²) < 4.78 is 28.1. The van der Waals surface area contributed by atoms with E-state index in [4.69, 9.17) is 11.6 Å². The zero-order valence-electron chi connectivity index (χ0n) is 16.7. The van der Waals surface area contributed by atoms with Crippen LogP contribution in [0.3, 0.4) is 0 Å². The summed E-state index contributed by atoms with van der Waals surface area (Å²) in [7, 11) is 0.132. The molecule has 0 bridgehead atoms. The van der Waals surface area contributed by atoms with Crippen molar-refractivity contribution < 1.29 is 13.2 Å². The highest BCUT2D eigenvalue weighted by atomic mass is 35.5. The van der Waals surface area contributed by atoms with Gasteiger partial charge in [0.05, 0.1) is 21.2 Å². The molecule has 2 aromatic carbocycles. The number of hydrogen-bond acceptors (Lipinski definition) is 4. The number of para-hydroxylation sites is 1. The Bertz CT molecular complexity index is 992. The van der Waals surface area contributed by atoms with Crippen LogP contribution >= 0.6 is 11.6 Å². The Morgan fingerprint density at radius 1 is 1.21 bits per heavy atom. The van der Waals surface area contributed by atoms with E-state index in [9.17, 15) is 13.2 Å². The van der Waals surface area contributed by atoms with Crippen LogP contribution in [0.5, 0.6) is 0 Å². The van der Waals surface area contributed by atoms with Crippen molar-refractivity contribution in [1.29, 1.82) is 0 Å². The van der Waals surface area contributed by atoms with Crippen LogP contribution in [-0.4, -0.2) is 53.0 Å².